The summed E-state index contributed by atoms with van der Waals surface area (Å²) in [5.41, 5.74) is 2.55. The zero-order chi connectivity index (χ0) is 14.4. The topological polar surface area (TPSA) is 45.1 Å². The van der Waals surface area contributed by atoms with E-state index in [1.807, 2.05) is 18.3 Å². The van der Waals surface area contributed by atoms with E-state index >= 15 is 0 Å². The molecule has 0 amide bonds. The summed E-state index contributed by atoms with van der Waals surface area (Å²) in [5, 5.41) is 13.7. The number of pyridine rings is 1. The Labute approximate surface area is 121 Å². The van der Waals surface area contributed by atoms with Gasteiger partial charge in [-0.25, -0.2) is 0 Å². The molecule has 0 aliphatic carbocycles. The van der Waals surface area contributed by atoms with Crippen LogP contribution in [0.25, 0.3) is 10.9 Å². The Balaban J connectivity index is 1.96. The van der Waals surface area contributed by atoms with Crippen molar-refractivity contribution in [2.24, 2.45) is 5.41 Å². The van der Waals surface area contributed by atoms with Gasteiger partial charge < -0.3 is 10.4 Å². The van der Waals surface area contributed by atoms with Crippen molar-refractivity contribution in [3.63, 3.8) is 0 Å². The smallest absolute Gasteiger partial charge is 0.0705 e. The highest BCUT2D eigenvalue weighted by Crippen LogP contribution is 2.21. The fourth-order valence-corrected chi connectivity index (χ4v) is 2.49. The van der Waals surface area contributed by atoms with Crippen LogP contribution < -0.4 is 5.32 Å². The van der Waals surface area contributed by atoms with E-state index in [9.17, 15) is 0 Å². The molecule has 0 bridgehead atoms. The highest BCUT2D eigenvalue weighted by atomic mass is 16.2. The molecule has 3 nitrogen and oxygen atoms in total. The molecule has 0 unspecified atom stereocenters. The van der Waals surface area contributed by atoms with Crippen LogP contribution in [0.2, 0.25) is 0 Å². The zero-order valence-electron chi connectivity index (χ0n) is 12.4. The summed E-state index contributed by atoms with van der Waals surface area (Å²) in [7, 11) is 0. The maximum Gasteiger partial charge on any atom is 0.0705 e. The molecule has 1 aromatic heterocycles. The summed E-state index contributed by atoms with van der Waals surface area (Å²) in [6, 6.07) is 10.3. The van der Waals surface area contributed by atoms with Crippen LogP contribution >= 0.6 is 0 Å². The quantitative estimate of drug-likeness (QED) is 0.814. The second-order valence-electron chi connectivity index (χ2n) is 6.08. The van der Waals surface area contributed by atoms with E-state index < -0.39 is 0 Å². The van der Waals surface area contributed by atoms with Gasteiger partial charge in [0.2, 0.25) is 0 Å². The van der Waals surface area contributed by atoms with Crippen LogP contribution in [0.15, 0.2) is 36.5 Å². The number of rotatable bonds is 7. The number of nitrogens with zero attached hydrogens (tertiary/aromatic N) is 1. The third kappa shape index (κ3) is 4.02. The summed E-state index contributed by atoms with van der Waals surface area (Å²) in [6.45, 7) is 6.55. The van der Waals surface area contributed by atoms with Crippen molar-refractivity contribution in [3.05, 3.63) is 42.1 Å². The third-order valence-corrected chi connectivity index (χ3v) is 3.67. The first-order valence-corrected chi connectivity index (χ1v) is 7.27. The van der Waals surface area contributed by atoms with Gasteiger partial charge in [0.05, 0.1) is 5.52 Å². The molecule has 0 fully saturated rings. The SMILES string of the molecule is CC(C)(CCCO)CNCc1ccnc2ccccc12. The summed E-state index contributed by atoms with van der Waals surface area (Å²) in [6.07, 6.45) is 3.77. The van der Waals surface area contributed by atoms with Crippen molar-refractivity contribution < 1.29 is 5.11 Å². The summed E-state index contributed by atoms with van der Waals surface area (Å²) in [4.78, 5) is 4.38. The minimum Gasteiger partial charge on any atom is -0.396 e. The molecule has 0 atom stereocenters. The Hall–Kier alpha value is -1.45. The van der Waals surface area contributed by atoms with Crippen LogP contribution in [-0.2, 0) is 6.54 Å². The Morgan fingerprint density at radius 1 is 1.20 bits per heavy atom. The number of para-hydroxylation sites is 1. The monoisotopic (exact) mass is 272 g/mol. The lowest BCUT2D eigenvalue weighted by atomic mass is 9.88. The maximum atomic E-state index is 8.92. The molecule has 3 heteroatoms. The van der Waals surface area contributed by atoms with Crippen molar-refractivity contribution in [2.75, 3.05) is 13.2 Å². The average Bonchev–Trinajstić information content (AvgIpc) is 2.45. The first-order chi connectivity index (χ1) is 9.62. The molecule has 0 saturated carbocycles. The minimum atomic E-state index is 0.214. The van der Waals surface area contributed by atoms with Gasteiger partial charge in [0, 0.05) is 31.3 Å². The molecule has 108 valence electrons. The van der Waals surface area contributed by atoms with Gasteiger partial charge in [-0.05, 0) is 36.0 Å². The molecule has 1 heterocycles. The minimum absolute atomic E-state index is 0.214. The predicted octanol–water partition coefficient (Wildman–Crippen LogP) is 3.12. The van der Waals surface area contributed by atoms with Crippen molar-refractivity contribution in [2.45, 2.75) is 33.2 Å². The number of nitrogens with one attached hydrogen (secondary N) is 1. The van der Waals surface area contributed by atoms with Gasteiger partial charge >= 0.3 is 0 Å². The molecule has 2 rings (SSSR count). The molecular weight excluding hydrogens is 248 g/mol. The Kier molecular flexibility index (Phi) is 5.10. The van der Waals surface area contributed by atoms with Crippen molar-refractivity contribution in [1.82, 2.24) is 10.3 Å². The second-order valence-corrected chi connectivity index (χ2v) is 6.08. The standard InChI is InChI=1S/C17H24N2O/c1-17(2,9-5-11-20)13-18-12-14-8-10-19-16-7-4-3-6-15(14)16/h3-4,6-8,10,18,20H,5,9,11-13H2,1-2H3. The predicted molar refractivity (Wildman–Crippen MR) is 83.6 cm³/mol. The van der Waals surface area contributed by atoms with E-state index in [2.05, 4.69) is 42.3 Å². The summed E-state index contributed by atoms with van der Waals surface area (Å²) < 4.78 is 0. The fraction of sp³-hybridized carbons (Fsp3) is 0.471. The fourth-order valence-electron chi connectivity index (χ4n) is 2.49. The molecule has 0 saturated heterocycles. The number of aliphatic hydroxyl groups is 1. The van der Waals surface area contributed by atoms with Crippen molar-refractivity contribution >= 4 is 10.9 Å². The number of hydrogen-bond acceptors (Lipinski definition) is 3. The Morgan fingerprint density at radius 3 is 2.80 bits per heavy atom. The number of aromatic nitrogens is 1. The van der Waals surface area contributed by atoms with Crippen LogP contribution in [-0.4, -0.2) is 23.2 Å². The van der Waals surface area contributed by atoms with Crippen LogP contribution in [0, 0.1) is 5.41 Å². The van der Waals surface area contributed by atoms with Crippen molar-refractivity contribution in [3.8, 4) is 0 Å². The molecule has 20 heavy (non-hydrogen) atoms. The molecule has 0 spiro atoms. The molecule has 2 N–H and O–H groups in total. The third-order valence-electron chi connectivity index (χ3n) is 3.67. The second kappa shape index (κ2) is 6.82. The summed E-state index contributed by atoms with van der Waals surface area (Å²) in [5.74, 6) is 0. The Morgan fingerprint density at radius 2 is 2.00 bits per heavy atom. The largest absolute Gasteiger partial charge is 0.396 e. The van der Waals surface area contributed by atoms with Gasteiger partial charge in [-0.2, -0.15) is 0 Å². The van der Waals surface area contributed by atoms with Gasteiger partial charge in [0.15, 0.2) is 0 Å². The first-order valence-electron chi connectivity index (χ1n) is 7.27. The van der Waals surface area contributed by atoms with E-state index in [-0.39, 0.29) is 12.0 Å². The van der Waals surface area contributed by atoms with E-state index in [1.54, 1.807) is 0 Å². The van der Waals surface area contributed by atoms with Gasteiger partial charge in [0.25, 0.3) is 0 Å². The Bertz CT molecular complexity index is 546. The first kappa shape index (κ1) is 14.9. The van der Waals surface area contributed by atoms with E-state index in [0.717, 1.165) is 31.4 Å². The highest BCUT2D eigenvalue weighted by Gasteiger charge is 2.16. The van der Waals surface area contributed by atoms with Gasteiger partial charge in [0.1, 0.15) is 0 Å². The van der Waals surface area contributed by atoms with Crippen LogP contribution in [0.4, 0.5) is 0 Å². The van der Waals surface area contributed by atoms with E-state index in [4.69, 9.17) is 5.11 Å². The van der Waals surface area contributed by atoms with Crippen LogP contribution in [0.5, 0.6) is 0 Å². The number of aliphatic hydroxyl groups excluding tert-OH is 1. The highest BCUT2D eigenvalue weighted by molar-refractivity contribution is 5.81. The van der Waals surface area contributed by atoms with Crippen LogP contribution in [0.1, 0.15) is 32.3 Å². The number of benzene rings is 1. The normalized spacial score (nSPS) is 11.9. The average molecular weight is 272 g/mol. The number of hydrogen-bond donors (Lipinski definition) is 2. The van der Waals surface area contributed by atoms with Gasteiger partial charge in [-0.3, -0.25) is 4.98 Å². The lowest BCUT2D eigenvalue weighted by Crippen LogP contribution is -2.29. The molecular formula is C17H24N2O. The molecule has 0 radical (unpaired) electrons. The molecule has 1 aromatic carbocycles. The zero-order valence-corrected chi connectivity index (χ0v) is 12.4. The molecule has 0 aliphatic heterocycles. The van der Waals surface area contributed by atoms with Gasteiger partial charge in [-0.15, -0.1) is 0 Å². The maximum absolute atomic E-state index is 8.92. The lowest BCUT2D eigenvalue weighted by molar-refractivity contribution is 0.236. The molecule has 0 aliphatic rings. The van der Waals surface area contributed by atoms with Crippen molar-refractivity contribution in [1.29, 1.82) is 0 Å². The van der Waals surface area contributed by atoms with Crippen LogP contribution in [0.3, 0.4) is 0 Å². The number of fused-ring (bicyclic) bond motifs is 1. The van der Waals surface area contributed by atoms with E-state index in [0.29, 0.717) is 0 Å². The lowest BCUT2D eigenvalue weighted by Gasteiger charge is -2.25. The molecule has 2 aromatic rings. The summed E-state index contributed by atoms with van der Waals surface area (Å²) >= 11 is 0. The van der Waals surface area contributed by atoms with E-state index in [1.165, 1.54) is 10.9 Å². The van der Waals surface area contributed by atoms with Gasteiger partial charge in [-0.1, -0.05) is 32.0 Å².